The second kappa shape index (κ2) is 6.96. The monoisotopic (exact) mass is 376 g/mol. The number of aromatic nitrogens is 1. The summed E-state index contributed by atoms with van der Waals surface area (Å²) in [6, 6.07) is 9.36. The van der Waals surface area contributed by atoms with Crippen LogP contribution in [0.1, 0.15) is 31.2 Å². The van der Waals surface area contributed by atoms with Gasteiger partial charge < -0.3 is 4.74 Å². The minimum atomic E-state index is -3.48. The molecule has 2 bridgehead atoms. The van der Waals surface area contributed by atoms with Crippen LogP contribution in [0.25, 0.3) is 0 Å². The molecule has 0 saturated carbocycles. The fourth-order valence-electron chi connectivity index (χ4n) is 4.16. The van der Waals surface area contributed by atoms with Crippen LogP contribution < -0.4 is 4.74 Å². The SMILES string of the molecule is O=S(=O)(Cc1cccc(F)c1)N1C2CCC1CC(Oc1ccncc1)C2. The quantitative estimate of drug-likeness (QED) is 0.804. The van der Waals surface area contributed by atoms with Gasteiger partial charge in [0.2, 0.25) is 10.0 Å². The van der Waals surface area contributed by atoms with Crippen LogP contribution in [-0.4, -0.2) is 35.9 Å². The molecule has 1 aromatic carbocycles. The number of fused-ring (bicyclic) bond motifs is 2. The van der Waals surface area contributed by atoms with E-state index in [1.165, 1.54) is 12.1 Å². The number of rotatable bonds is 5. The Kier molecular flexibility index (Phi) is 4.67. The van der Waals surface area contributed by atoms with Crippen molar-refractivity contribution in [2.75, 3.05) is 0 Å². The van der Waals surface area contributed by atoms with E-state index in [9.17, 15) is 12.8 Å². The summed E-state index contributed by atoms with van der Waals surface area (Å²) in [7, 11) is -3.48. The average Bonchev–Trinajstić information content (AvgIpc) is 2.88. The zero-order chi connectivity index (χ0) is 18.1. The van der Waals surface area contributed by atoms with Crippen molar-refractivity contribution in [2.24, 2.45) is 0 Å². The lowest BCUT2D eigenvalue weighted by Crippen LogP contribution is -2.49. The molecule has 5 nitrogen and oxygen atoms in total. The molecule has 0 N–H and O–H groups in total. The van der Waals surface area contributed by atoms with Crippen molar-refractivity contribution in [3.05, 3.63) is 60.2 Å². The predicted octanol–water partition coefficient (Wildman–Crippen LogP) is 3.12. The van der Waals surface area contributed by atoms with Gasteiger partial charge >= 0.3 is 0 Å². The van der Waals surface area contributed by atoms with E-state index < -0.39 is 15.8 Å². The van der Waals surface area contributed by atoms with Gasteiger partial charge in [-0.3, -0.25) is 4.98 Å². The Bertz CT molecular complexity index is 861. The van der Waals surface area contributed by atoms with Gasteiger partial charge in [-0.1, -0.05) is 12.1 Å². The first-order chi connectivity index (χ1) is 12.5. The molecule has 4 rings (SSSR count). The van der Waals surface area contributed by atoms with Gasteiger partial charge in [-0.25, -0.2) is 12.8 Å². The number of nitrogens with zero attached hydrogens (tertiary/aromatic N) is 2. The van der Waals surface area contributed by atoms with E-state index in [1.807, 2.05) is 12.1 Å². The molecule has 2 fully saturated rings. The molecule has 138 valence electrons. The second-order valence-electron chi connectivity index (χ2n) is 7.00. The summed E-state index contributed by atoms with van der Waals surface area (Å²) in [6.45, 7) is 0. The Morgan fingerprint density at radius 1 is 1.12 bits per heavy atom. The number of ether oxygens (including phenoxy) is 1. The van der Waals surface area contributed by atoms with Gasteiger partial charge in [-0.15, -0.1) is 0 Å². The molecule has 2 aliphatic rings. The molecule has 3 heterocycles. The van der Waals surface area contributed by atoms with E-state index in [-0.39, 0.29) is 23.9 Å². The van der Waals surface area contributed by atoms with Crippen LogP contribution in [0.3, 0.4) is 0 Å². The smallest absolute Gasteiger partial charge is 0.218 e. The maximum absolute atomic E-state index is 13.4. The van der Waals surface area contributed by atoms with E-state index in [0.717, 1.165) is 18.6 Å². The second-order valence-corrected chi connectivity index (χ2v) is 8.87. The fraction of sp³-hybridized carbons (Fsp3) is 0.421. The zero-order valence-electron chi connectivity index (χ0n) is 14.3. The highest BCUT2D eigenvalue weighted by molar-refractivity contribution is 7.88. The molecule has 2 atom stereocenters. The number of pyridine rings is 1. The zero-order valence-corrected chi connectivity index (χ0v) is 15.1. The van der Waals surface area contributed by atoms with E-state index >= 15 is 0 Å². The third kappa shape index (κ3) is 3.59. The number of halogens is 1. The maximum atomic E-state index is 13.4. The van der Waals surface area contributed by atoms with Gasteiger partial charge in [0.15, 0.2) is 0 Å². The van der Waals surface area contributed by atoms with Gasteiger partial charge in [0, 0.05) is 37.3 Å². The lowest BCUT2D eigenvalue weighted by Gasteiger charge is -2.37. The van der Waals surface area contributed by atoms with Crippen LogP contribution in [0, 0.1) is 5.82 Å². The van der Waals surface area contributed by atoms with Crippen molar-refractivity contribution in [1.82, 2.24) is 9.29 Å². The van der Waals surface area contributed by atoms with E-state index in [1.54, 1.807) is 28.8 Å². The molecule has 2 aliphatic heterocycles. The molecule has 0 radical (unpaired) electrons. The summed E-state index contributed by atoms with van der Waals surface area (Å²) in [5.74, 6) is 0.193. The van der Waals surface area contributed by atoms with Gasteiger partial charge in [0.1, 0.15) is 17.7 Å². The van der Waals surface area contributed by atoms with Gasteiger partial charge in [0.05, 0.1) is 5.75 Å². The number of benzene rings is 1. The van der Waals surface area contributed by atoms with Crippen LogP contribution in [0.15, 0.2) is 48.8 Å². The first kappa shape index (κ1) is 17.4. The Morgan fingerprint density at radius 2 is 1.81 bits per heavy atom. The Balaban J connectivity index is 1.47. The van der Waals surface area contributed by atoms with E-state index in [2.05, 4.69) is 4.98 Å². The highest BCUT2D eigenvalue weighted by atomic mass is 32.2. The predicted molar refractivity (Wildman–Crippen MR) is 95.6 cm³/mol. The summed E-state index contributed by atoms with van der Waals surface area (Å²) in [5, 5.41) is 0. The molecular weight excluding hydrogens is 355 g/mol. The van der Waals surface area contributed by atoms with Crippen LogP contribution in [0.5, 0.6) is 5.75 Å². The van der Waals surface area contributed by atoms with Crippen molar-refractivity contribution >= 4 is 10.0 Å². The fourth-order valence-corrected chi connectivity index (χ4v) is 6.20. The molecule has 0 aliphatic carbocycles. The standard InChI is InChI=1S/C19H21FN2O3S/c20-15-3-1-2-14(10-15)13-26(23,24)22-16-4-5-17(22)12-19(11-16)25-18-6-8-21-9-7-18/h1-3,6-10,16-17,19H,4-5,11-13H2. The first-order valence-electron chi connectivity index (χ1n) is 8.83. The first-order valence-corrected chi connectivity index (χ1v) is 10.4. The topological polar surface area (TPSA) is 59.5 Å². The van der Waals surface area contributed by atoms with Gasteiger partial charge in [-0.2, -0.15) is 4.31 Å². The normalized spacial score (nSPS) is 26.0. The largest absolute Gasteiger partial charge is 0.490 e. The number of piperidine rings is 1. The Morgan fingerprint density at radius 3 is 2.46 bits per heavy atom. The average molecular weight is 376 g/mol. The molecule has 0 amide bonds. The minimum absolute atomic E-state index is 0.00974. The molecule has 0 spiro atoms. The summed E-state index contributed by atoms with van der Waals surface area (Å²) >= 11 is 0. The number of hydrogen-bond donors (Lipinski definition) is 0. The third-order valence-electron chi connectivity index (χ3n) is 5.13. The van der Waals surface area contributed by atoms with E-state index in [0.29, 0.717) is 18.4 Å². The summed E-state index contributed by atoms with van der Waals surface area (Å²) in [5.41, 5.74) is 0.486. The summed E-state index contributed by atoms with van der Waals surface area (Å²) in [6.07, 6.45) is 6.44. The molecule has 7 heteroatoms. The molecule has 2 unspecified atom stereocenters. The molecule has 1 aromatic heterocycles. The van der Waals surface area contributed by atoms with Crippen LogP contribution in [0.4, 0.5) is 4.39 Å². The molecular formula is C19H21FN2O3S. The lowest BCUT2D eigenvalue weighted by molar-refractivity contribution is 0.0955. The minimum Gasteiger partial charge on any atom is -0.490 e. The third-order valence-corrected chi connectivity index (χ3v) is 7.07. The van der Waals surface area contributed by atoms with Crippen molar-refractivity contribution in [1.29, 1.82) is 0 Å². The highest BCUT2D eigenvalue weighted by Crippen LogP contribution is 2.39. The number of hydrogen-bond acceptors (Lipinski definition) is 4. The van der Waals surface area contributed by atoms with Crippen LogP contribution >= 0.6 is 0 Å². The van der Waals surface area contributed by atoms with Crippen LogP contribution in [0.2, 0.25) is 0 Å². The lowest BCUT2D eigenvalue weighted by atomic mass is 10.0. The van der Waals surface area contributed by atoms with Crippen LogP contribution in [-0.2, 0) is 15.8 Å². The molecule has 2 aromatic rings. The van der Waals surface area contributed by atoms with Crippen molar-refractivity contribution < 1.29 is 17.5 Å². The van der Waals surface area contributed by atoms with Crippen molar-refractivity contribution in [3.8, 4) is 5.75 Å². The number of sulfonamides is 1. The van der Waals surface area contributed by atoms with Crippen molar-refractivity contribution in [3.63, 3.8) is 0 Å². The highest BCUT2D eigenvalue weighted by Gasteiger charge is 2.47. The van der Waals surface area contributed by atoms with Gasteiger partial charge in [0.25, 0.3) is 0 Å². The molecule has 26 heavy (non-hydrogen) atoms. The summed E-state index contributed by atoms with van der Waals surface area (Å²) in [4.78, 5) is 3.98. The Labute approximate surface area is 152 Å². The summed E-state index contributed by atoms with van der Waals surface area (Å²) < 4.78 is 46.9. The van der Waals surface area contributed by atoms with Crippen molar-refractivity contribution in [2.45, 2.75) is 49.6 Å². The van der Waals surface area contributed by atoms with Gasteiger partial charge in [-0.05, 0) is 42.7 Å². The maximum Gasteiger partial charge on any atom is 0.218 e. The molecule has 2 saturated heterocycles. The Hall–Kier alpha value is -1.99. The van der Waals surface area contributed by atoms with E-state index in [4.69, 9.17) is 4.74 Å².